The summed E-state index contributed by atoms with van der Waals surface area (Å²) >= 11 is 11.6. The van der Waals surface area contributed by atoms with Crippen molar-refractivity contribution < 1.29 is 82.7 Å². The number of carbonyl (C=O) groups is 4. The van der Waals surface area contributed by atoms with Gasteiger partial charge in [-0.1, -0.05) is 122 Å². The van der Waals surface area contributed by atoms with Gasteiger partial charge in [0.15, 0.2) is 0 Å². The number of amides is 4. The molecule has 2 aromatic heterocycles. The molecule has 10 N–H and O–H groups in total. The molecule has 19 nitrogen and oxygen atoms in total. The summed E-state index contributed by atoms with van der Waals surface area (Å²) in [4.78, 5) is 74.3. The zero-order chi connectivity index (χ0) is 66.9. The number of anilines is 3. The zero-order valence-electron chi connectivity index (χ0n) is 52.1. The van der Waals surface area contributed by atoms with Crippen molar-refractivity contribution in [1.82, 2.24) is 20.2 Å². The number of likely N-dealkylation sites (tertiary alicyclic amines) is 1. The molecule has 0 bridgehead atoms. The van der Waals surface area contributed by atoms with E-state index in [4.69, 9.17) is 44.7 Å². The van der Waals surface area contributed by atoms with Crippen molar-refractivity contribution in [3.05, 3.63) is 250 Å². The molecule has 2 unspecified atom stereocenters. The quantitative estimate of drug-likeness (QED) is 0.00952. The van der Waals surface area contributed by atoms with Crippen molar-refractivity contribution in [1.29, 1.82) is 0 Å². The predicted octanol–water partition coefficient (Wildman–Crippen LogP) is 7.95. The molecule has 4 heterocycles. The van der Waals surface area contributed by atoms with Gasteiger partial charge in [-0.05, 0) is 168 Å². The number of aromatic nitrogens is 2. The van der Waals surface area contributed by atoms with E-state index in [1.807, 2.05) is 60.7 Å². The number of hydrogen-bond donors (Lipinski definition) is 8. The summed E-state index contributed by atoms with van der Waals surface area (Å²) in [5.41, 5.74) is 15.2. The van der Waals surface area contributed by atoms with Crippen LogP contribution in [0.4, 0.5) is 36.3 Å². The Hall–Kier alpha value is -8.12. The molecule has 12 rings (SSSR count). The predicted molar refractivity (Wildman–Crippen MR) is 351 cm³/mol. The molecule has 0 spiro atoms. The van der Waals surface area contributed by atoms with Gasteiger partial charge in [-0.15, -0.1) is 0 Å². The number of nitrogens with two attached hydrogens (primary N) is 2. The monoisotopic (exact) mass is 1340 g/mol. The van der Waals surface area contributed by atoms with Gasteiger partial charge in [0.1, 0.15) is 28.9 Å². The van der Waals surface area contributed by atoms with Gasteiger partial charge in [0.2, 0.25) is 17.9 Å². The first-order valence-corrected chi connectivity index (χ1v) is 31.3. The topological polar surface area (TPSA) is 300 Å². The molecule has 6 aromatic carbocycles. The van der Waals surface area contributed by atoms with Crippen molar-refractivity contribution in [2.75, 3.05) is 29.0 Å². The van der Waals surface area contributed by atoms with E-state index in [0.717, 1.165) is 41.5 Å². The van der Waals surface area contributed by atoms with Crippen molar-refractivity contribution in [3.63, 3.8) is 0 Å². The van der Waals surface area contributed by atoms with E-state index in [9.17, 15) is 33.8 Å². The molecule has 2 aliphatic heterocycles. The number of pyridine rings is 2. The average molecular weight is 1340 g/mol. The van der Waals surface area contributed by atoms with Crippen LogP contribution in [0.1, 0.15) is 97.6 Å². The maximum absolute atomic E-state index is 15.3. The van der Waals surface area contributed by atoms with Gasteiger partial charge >= 0.3 is 35.6 Å². The van der Waals surface area contributed by atoms with Crippen LogP contribution >= 0.6 is 23.2 Å². The number of aliphatic hydroxyl groups is 2. The molecular formula is C71H71Cl2F2N10NaO9. The standard InChI is InChI=1S/C35H35ClFN5O3.C28H31FN4O2.C7H4ClNO.CH2O3.Na/c36-27-9-11-28(12-10-27)40-33(44)42-22-34(45,24-4-2-1-3-5-24)21-31(42)32(43)41-30-20-26(8-13-29(30)37)35(38,17-14-23-6-7-23)25-15-18-39-19-16-25;29-23-9-8-22(28(30,13-10-19-6-7-19)21-11-14-31-15-12-21)16-24(23)33-26(34)25-17-27(35,18-32-25)20-4-2-1-3-5-20;8-6-1-3-7(4-2-6)9-5-10;2-1-4-3;/h1-5,8-13,15-16,18-20,23,31,45H,6-7,14,17,21-22,38H2,(H,40,44)(H,41,43);1-5,8-9,11-12,14-16,19,25,32,35H,6-7,10,13,17-18,30H2,(H,33,34);1-4H;1,3H;/q;;;;+1/p-1/t31-,34-,35?;25-,27-,28?;;;/m11.../s1. The van der Waals surface area contributed by atoms with Crippen LogP contribution in [0.2, 0.25) is 10.0 Å². The number of hydrogen-bond acceptors (Lipinski definition) is 15. The number of rotatable bonds is 19. The van der Waals surface area contributed by atoms with Crippen LogP contribution in [-0.4, -0.2) is 80.7 Å². The van der Waals surface area contributed by atoms with Crippen LogP contribution in [0.15, 0.2) is 200 Å². The Kier molecular flexibility index (Phi) is 25.6. The molecular weight excluding hydrogens is 1270 g/mol. The molecule has 6 atom stereocenters. The normalized spacial score (nSPS) is 19.7. The second-order valence-electron chi connectivity index (χ2n) is 23.8. The van der Waals surface area contributed by atoms with E-state index in [-0.39, 0.29) is 73.3 Å². The SMILES string of the molecule is NC(CCC1CC1)(c1ccncc1)c1ccc(F)c(NC(=O)[C@H]2C[C@](O)(c3ccccc3)CN2)c1.NC(CCC1CC1)(c1ccncc1)c1ccc(F)c(NC(=O)[C@H]2C[C@](O)(c3ccccc3)CN2C(=O)Nc2ccc(Cl)cc2)c1.O=C=Nc1ccc(Cl)cc1.O=CO[O-].[Na+]. The molecule has 95 heavy (non-hydrogen) atoms. The largest absolute Gasteiger partial charge is 1.00 e. The van der Waals surface area contributed by atoms with Crippen molar-refractivity contribution in [2.45, 2.75) is 98.6 Å². The number of carbonyl (C=O) groups excluding carboxylic acids is 5. The van der Waals surface area contributed by atoms with Crippen LogP contribution in [0, 0.1) is 23.5 Å². The first kappa shape index (κ1) is 72.7. The van der Waals surface area contributed by atoms with E-state index < -0.39 is 63.8 Å². The first-order valence-electron chi connectivity index (χ1n) is 30.5. The second kappa shape index (κ2) is 33.5. The van der Waals surface area contributed by atoms with Crippen LogP contribution in [0.25, 0.3) is 0 Å². The maximum Gasteiger partial charge on any atom is 1.00 e. The summed E-state index contributed by atoms with van der Waals surface area (Å²) < 4.78 is 30.1. The van der Waals surface area contributed by atoms with Crippen LogP contribution in [0.3, 0.4) is 0 Å². The van der Waals surface area contributed by atoms with Crippen molar-refractivity contribution in [3.8, 4) is 0 Å². The molecule has 24 heteroatoms. The van der Waals surface area contributed by atoms with Gasteiger partial charge in [0.05, 0.1) is 40.7 Å². The number of β-amino-alcohol motifs (C(OH)–C–C–N with tert-alkyl or cyclic N) is 2. The number of halogens is 4. The van der Waals surface area contributed by atoms with Gasteiger partial charge in [-0.25, -0.2) is 18.4 Å². The molecule has 2 saturated heterocycles. The van der Waals surface area contributed by atoms with E-state index in [2.05, 4.69) is 41.1 Å². The third kappa shape index (κ3) is 19.3. The van der Waals surface area contributed by atoms with E-state index in [1.165, 1.54) is 48.8 Å². The maximum atomic E-state index is 15.3. The summed E-state index contributed by atoms with van der Waals surface area (Å²) in [6.07, 6.45) is 16.4. The minimum atomic E-state index is -1.50. The molecule has 0 radical (unpaired) electrons. The van der Waals surface area contributed by atoms with Crippen LogP contribution < -0.4 is 67.5 Å². The van der Waals surface area contributed by atoms with Gasteiger partial charge in [0.25, 0.3) is 6.47 Å². The summed E-state index contributed by atoms with van der Waals surface area (Å²) in [5, 5.41) is 43.6. The second-order valence-corrected chi connectivity index (χ2v) is 24.7. The van der Waals surface area contributed by atoms with E-state index >= 15 is 4.39 Å². The summed E-state index contributed by atoms with van der Waals surface area (Å²) in [5.74, 6) is -0.870. The minimum absolute atomic E-state index is 0. The summed E-state index contributed by atoms with van der Waals surface area (Å²) in [6, 6.07) is 45.7. The number of benzene rings is 6. The third-order valence-electron chi connectivity index (χ3n) is 17.3. The number of nitrogens with zero attached hydrogens (tertiary/aromatic N) is 4. The molecule has 4 amide bonds. The summed E-state index contributed by atoms with van der Waals surface area (Å²) in [6.45, 7) is -0.0844. The Morgan fingerprint density at radius 3 is 1.57 bits per heavy atom. The number of nitrogens with one attached hydrogen (secondary N) is 4. The smallest absolute Gasteiger partial charge is 0.662 e. The van der Waals surface area contributed by atoms with E-state index in [0.29, 0.717) is 50.8 Å². The molecule has 4 aliphatic rings. The molecule has 2 saturated carbocycles. The van der Waals surface area contributed by atoms with Gasteiger partial charge in [-0.2, -0.15) is 4.99 Å². The Morgan fingerprint density at radius 2 is 1.12 bits per heavy atom. The van der Waals surface area contributed by atoms with Gasteiger partial charge < -0.3 is 58.0 Å². The molecule has 2 aliphatic carbocycles. The van der Waals surface area contributed by atoms with Crippen molar-refractivity contribution >= 4 is 76.3 Å². The number of isocyanates is 1. The van der Waals surface area contributed by atoms with Crippen molar-refractivity contribution in [2.24, 2.45) is 28.3 Å². The molecule has 4 fully saturated rings. The Labute approximate surface area is 581 Å². The van der Waals surface area contributed by atoms with E-state index in [1.54, 1.807) is 122 Å². The molecule has 8 aromatic rings. The van der Waals surface area contributed by atoms with Crippen LogP contribution in [-0.2, 0) is 46.3 Å². The zero-order valence-corrected chi connectivity index (χ0v) is 55.6. The summed E-state index contributed by atoms with van der Waals surface area (Å²) in [7, 11) is 0. The number of aliphatic imine (C=N–C) groups is 1. The fourth-order valence-electron chi connectivity index (χ4n) is 11.6. The Morgan fingerprint density at radius 1 is 0.663 bits per heavy atom. The first-order chi connectivity index (χ1) is 45.3. The van der Waals surface area contributed by atoms with Gasteiger partial charge in [0, 0.05) is 59.9 Å². The fourth-order valence-corrected chi connectivity index (χ4v) is 11.9. The Balaban J connectivity index is 0.000000204. The van der Waals surface area contributed by atoms with Gasteiger partial charge in [-0.3, -0.25) is 24.4 Å². The molecule has 488 valence electrons. The van der Waals surface area contributed by atoms with Crippen LogP contribution in [0.5, 0.6) is 0 Å². The average Bonchev–Trinajstić information content (AvgIpc) is 1.78. The third-order valence-corrected chi connectivity index (χ3v) is 17.8. The minimum Gasteiger partial charge on any atom is -0.662 e. The number of urea groups is 1. The fraction of sp³-hybridized carbons (Fsp3) is 0.282. The Bertz CT molecular complexity index is 3910.